The van der Waals surface area contributed by atoms with Crippen LogP contribution in [-0.2, 0) is 6.54 Å². The molecule has 0 amide bonds. The molecule has 0 spiro atoms. The second kappa shape index (κ2) is 6.80. The second-order valence-corrected chi connectivity index (χ2v) is 5.74. The smallest absolute Gasteiger partial charge is 0.157 e. The zero-order valence-electron chi connectivity index (χ0n) is 11.7. The van der Waals surface area contributed by atoms with E-state index in [4.69, 9.17) is 0 Å². The maximum absolute atomic E-state index is 9.47. The van der Waals surface area contributed by atoms with E-state index in [0.29, 0.717) is 6.04 Å². The second-order valence-electron chi connectivity index (χ2n) is 5.74. The Kier molecular flexibility index (Phi) is 5.08. The van der Waals surface area contributed by atoms with Crippen molar-refractivity contribution in [2.75, 3.05) is 0 Å². The van der Waals surface area contributed by atoms with Gasteiger partial charge in [-0.25, -0.2) is 0 Å². The van der Waals surface area contributed by atoms with Crippen molar-refractivity contribution in [3.63, 3.8) is 0 Å². The maximum Gasteiger partial charge on any atom is 0.157 e. The van der Waals surface area contributed by atoms with Gasteiger partial charge in [0.15, 0.2) is 11.5 Å². The molecule has 3 heteroatoms. The Morgan fingerprint density at radius 3 is 2.42 bits per heavy atom. The fraction of sp³-hybridized carbons (Fsp3) is 0.625. The highest BCUT2D eigenvalue weighted by Gasteiger charge is 2.18. The molecule has 0 aliphatic heterocycles. The van der Waals surface area contributed by atoms with Gasteiger partial charge in [0.05, 0.1) is 0 Å². The third-order valence-electron chi connectivity index (χ3n) is 4.27. The molecule has 1 saturated carbocycles. The van der Waals surface area contributed by atoms with Crippen LogP contribution in [0.2, 0.25) is 0 Å². The molecule has 19 heavy (non-hydrogen) atoms. The highest BCUT2D eigenvalue weighted by molar-refractivity contribution is 5.40. The lowest BCUT2D eigenvalue weighted by atomic mass is 9.93. The summed E-state index contributed by atoms with van der Waals surface area (Å²) in [5, 5.41) is 22.3. The number of nitrogens with one attached hydrogen (secondary N) is 1. The van der Waals surface area contributed by atoms with Crippen LogP contribution in [0.5, 0.6) is 11.5 Å². The van der Waals surface area contributed by atoms with E-state index in [1.807, 2.05) is 6.07 Å². The normalized spacial score (nSPS) is 19.0. The molecule has 1 atom stereocenters. The highest BCUT2D eigenvalue weighted by Crippen LogP contribution is 2.27. The molecule has 0 aromatic heterocycles. The van der Waals surface area contributed by atoms with Crippen molar-refractivity contribution in [3.8, 4) is 11.5 Å². The van der Waals surface area contributed by atoms with Crippen LogP contribution in [0.15, 0.2) is 18.2 Å². The van der Waals surface area contributed by atoms with Gasteiger partial charge in [0, 0.05) is 12.6 Å². The number of aromatic hydroxyl groups is 2. The predicted molar refractivity (Wildman–Crippen MR) is 77.3 cm³/mol. The minimum absolute atomic E-state index is 0.0404. The zero-order valence-corrected chi connectivity index (χ0v) is 11.7. The first-order chi connectivity index (χ1) is 9.16. The molecule has 1 aliphatic rings. The fourth-order valence-corrected chi connectivity index (χ4v) is 2.94. The lowest BCUT2D eigenvalue weighted by Gasteiger charge is -2.23. The van der Waals surface area contributed by atoms with Crippen LogP contribution in [0.3, 0.4) is 0 Å². The zero-order chi connectivity index (χ0) is 13.7. The summed E-state index contributed by atoms with van der Waals surface area (Å²) in [6.07, 6.45) is 8.14. The lowest BCUT2D eigenvalue weighted by molar-refractivity contribution is 0.336. The largest absolute Gasteiger partial charge is 0.504 e. The van der Waals surface area contributed by atoms with Gasteiger partial charge in [-0.15, -0.1) is 0 Å². The summed E-state index contributed by atoms with van der Waals surface area (Å²) in [6.45, 7) is 3.00. The van der Waals surface area contributed by atoms with Crippen LogP contribution in [0, 0.1) is 5.92 Å². The molecular weight excluding hydrogens is 238 g/mol. The number of phenolic OH excluding ortho intramolecular Hbond substituents is 2. The molecule has 1 aromatic rings. The van der Waals surface area contributed by atoms with Crippen molar-refractivity contribution in [2.45, 2.75) is 58.0 Å². The van der Waals surface area contributed by atoms with E-state index in [0.717, 1.165) is 18.0 Å². The van der Waals surface area contributed by atoms with Crippen LogP contribution >= 0.6 is 0 Å². The van der Waals surface area contributed by atoms with Gasteiger partial charge in [-0.05, 0) is 43.4 Å². The summed E-state index contributed by atoms with van der Waals surface area (Å²) in [4.78, 5) is 0. The Hall–Kier alpha value is -1.22. The lowest BCUT2D eigenvalue weighted by Crippen LogP contribution is -2.32. The maximum atomic E-state index is 9.47. The summed E-state index contributed by atoms with van der Waals surface area (Å²) in [5.74, 6) is 0.676. The predicted octanol–water partition coefficient (Wildman–Crippen LogP) is 3.55. The molecule has 3 N–H and O–H groups in total. The first-order valence-corrected chi connectivity index (χ1v) is 7.41. The van der Waals surface area contributed by atoms with Crippen molar-refractivity contribution in [1.82, 2.24) is 5.32 Å². The van der Waals surface area contributed by atoms with Crippen molar-refractivity contribution >= 4 is 0 Å². The Morgan fingerprint density at radius 2 is 1.79 bits per heavy atom. The van der Waals surface area contributed by atoms with Gasteiger partial charge in [0.2, 0.25) is 0 Å². The molecule has 3 nitrogen and oxygen atoms in total. The molecule has 1 aliphatic carbocycles. The Bertz CT molecular complexity index is 398. The molecule has 0 unspecified atom stereocenters. The fourth-order valence-electron chi connectivity index (χ4n) is 2.94. The first-order valence-electron chi connectivity index (χ1n) is 7.41. The quantitative estimate of drug-likeness (QED) is 0.575. The van der Waals surface area contributed by atoms with Crippen LogP contribution in [0.1, 0.15) is 51.0 Å². The van der Waals surface area contributed by atoms with Crippen LogP contribution in [0.25, 0.3) is 0 Å². The first kappa shape index (κ1) is 14.2. The van der Waals surface area contributed by atoms with Gasteiger partial charge in [0.25, 0.3) is 0 Å². The number of hydrogen-bond donors (Lipinski definition) is 3. The van der Waals surface area contributed by atoms with E-state index in [9.17, 15) is 10.2 Å². The van der Waals surface area contributed by atoms with E-state index in [1.165, 1.54) is 38.5 Å². The van der Waals surface area contributed by atoms with Gasteiger partial charge in [-0.1, -0.05) is 31.7 Å². The SMILES string of the molecule is C[C@H](NCc1ccc(O)c(O)c1)C1CCCCCC1. The molecular formula is C16H25NO2. The summed E-state index contributed by atoms with van der Waals surface area (Å²) in [6, 6.07) is 5.53. The third-order valence-corrected chi connectivity index (χ3v) is 4.27. The molecule has 0 radical (unpaired) electrons. The van der Waals surface area contributed by atoms with E-state index >= 15 is 0 Å². The van der Waals surface area contributed by atoms with Crippen molar-refractivity contribution in [3.05, 3.63) is 23.8 Å². The topological polar surface area (TPSA) is 52.5 Å². The third kappa shape index (κ3) is 4.13. The van der Waals surface area contributed by atoms with Gasteiger partial charge in [-0.2, -0.15) is 0 Å². The Morgan fingerprint density at radius 1 is 1.11 bits per heavy atom. The van der Waals surface area contributed by atoms with Gasteiger partial charge in [0.1, 0.15) is 0 Å². The molecule has 0 heterocycles. The highest BCUT2D eigenvalue weighted by atomic mass is 16.3. The van der Waals surface area contributed by atoms with Crippen molar-refractivity contribution in [2.24, 2.45) is 5.92 Å². The number of benzene rings is 1. The van der Waals surface area contributed by atoms with Crippen molar-refractivity contribution < 1.29 is 10.2 Å². The van der Waals surface area contributed by atoms with E-state index in [-0.39, 0.29) is 11.5 Å². The monoisotopic (exact) mass is 263 g/mol. The van der Waals surface area contributed by atoms with Crippen molar-refractivity contribution in [1.29, 1.82) is 0 Å². The Labute approximate surface area is 115 Å². The number of rotatable bonds is 4. The van der Waals surface area contributed by atoms with E-state index < -0.39 is 0 Å². The Balaban J connectivity index is 1.84. The molecule has 2 rings (SSSR count). The number of phenols is 2. The van der Waals surface area contributed by atoms with Crippen LogP contribution < -0.4 is 5.32 Å². The summed E-state index contributed by atoms with van der Waals surface area (Å²) in [7, 11) is 0. The minimum atomic E-state index is -0.0550. The average molecular weight is 263 g/mol. The van der Waals surface area contributed by atoms with E-state index in [1.54, 1.807) is 12.1 Å². The standard InChI is InChI=1S/C16H25NO2/c1-12(14-6-4-2-3-5-7-14)17-11-13-8-9-15(18)16(19)10-13/h8-10,12,14,17-19H,2-7,11H2,1H3/t12-/m0/s1. The van der Waals surface area contributed by atoms with Gasteiger partial charge in [-0.3, -0.25) is 0 Å². The molecule has 1 fully saturated rings. The summed E-state index contributed by atoms with van der Waals surface area (Å²) >= 11 is 0. The van der Waals surface area contributed by atoms with Crippen LogP contribution in [0.4, 0.5) is 0 Å². The van der Waals surface area contributed by atoms with Crippen LogP contribution in [-0.4, -0.2) is 16.3 Å². The van der Waals surface area contributed by atoms with E-state index in [2.05, 4.69) is 12.2 Å². The molecule has 1 aromatic carbocycles. The van der Waals surface area contributed by atoms with Gasteiger partial charge < -0.3 is 15.5 Å². The average Bonchev–Trinajstić information content (AvgIpc) is 2.69. The molecule has 106 valence electrons. The minimum Gasteiger partial charge on any atom is -0.504 e. The number of hydrogen-bond acceptors (Lipinski definition) is 3. The summed E-state index contributed by atoms with van der Waals surface area (Å²) in [5.41, 5.74) is 1.01. The van der Waals surface area contributed by atoms with Gasteiger partial charge >= 0.3 is 0 Å². The molecule has 0 bridgehead atoms. The summed E-state index contributed by atoms with van der Waals surface area (Å²) < 4.78 is 0. The molecule has 0 saturated heterocycles.